The Labute approximate surface area is 79.8 Å². The molecule has 0 rings (SSSR count). The average Bonchev–Trinajstić information content (AvgIpc) is 2.06. The molecule has 0 saturated carbocycles. The molecule has 0 aliphatic heterocycles. The van der Waals surface area contributed by atoms with E-state index >= 15 is 0 Å². The van der Waals surface area contributed by atoms with Gasteiger partial charge in [-0.25, -0.2) is 0 Å². The minimum atomic E-state index is 0.0631. The molecule has 0 bridgehead atoms. The lowest BCUT2D eigenvalue weighted by Gasteiger charge is -2.02. The first kappa shape index (κ1) is 11.7. The molecule has 0 saturated heterocycles. The summed E-state index contributed by atoms with van der Waals surface area (Å²) in [6, 6.07) is 0. The van der Waals surface area contributed by atoms with Crippen LogP contribution in [0, 0.1) is 0 Å². The molecular formula is C11H17NO. The minimum absolute atomic E-state index is 0.0631. The zero-order valence-corrected chi connectivity index (χ0v) is 8.34. The zero-order valence-electron chi connectivity index (χ0n) is 8.34. The number of hydrogen-bond donors (Lipinski definition) is 1. The van der Waals surface area contributed by atoms with Gasteiger partial charge < -0.3 is 5.73 Å². The van der Waals surface area contributed by atoms with Gasteiger partial charge in [-0.3, -0.25) is 4.79 Å². The van der Waals surface area contributed by atoms with E-state index < -0.39 is 0 Å². The average molecular weight is 179 g/mol. The minimum Gasteiger partial charge on any atom is -0.398 e. The van der Waals surface area contributed by atoms with Crippen molar-refractivity contribution in [1.82, 2.24) is 0 Å². The normalized spacial score (nSPS) is 12.8. The Morgan fingerprint density at radius 2 is 2.15 bits per heavy atom. The summed E-state index contributed by atoms with van der Waals surface area (Å²) in [5.41, 5.74) is 6.69. The van der Waals surface area contributed by atoms with Gasteiger partial charge in [0, 0.05) is 17.7 Å². The summed E-state index contributed by atoms with van der Waals surface area (Å²) >= 11 is 0. The summed E-state index contributed by atoms with van der Waals surface area (Å²) < 4.78 is 0. The highest BCUT2D eigenvalue weighted by Gasteiger charge is 2.06. The van der Waals surface area contributed by atoms with Crippen LogP contribution in [0.2, 0.25) is 0 Å². The van der Waals surface area contributed by atoms with Crippen LogP contribution < -0.4 is 5.73 Å². The molecule has 13 heavy (non-hydrogen) atoms. The van der Waals surface area contributed by atoms with Gasteiger partial charge in [0.25, 0.3) is 0 Å². The van der Waals surface area contributed by atoms with Crippen LogP contribution in [0.5, 0.6) is 0 Å². The Kier molecular flexibility index (Phi) is 5.60. The molecule has 0 aromatic carbocycles. The number of rotatable bonds is 5. The van der Waals surface area contributed by atoms with Crippen molar-refractivity contribution < 1.29 is 4.79 Å². The number of hydrogen-bond acceptors (Lipinski definition) is 2. The van der Waals surface area contributed by atoms with E-state index in [1.807, 2.05) is 13.8 Å². The lowest BCUT2D eigenvalue weighted by Crippen LogP contribution is -2.07. The van der Waals surface area contributed by atoms with E-state index in [0.717, 1.165) is 6.42 Å². The van der Waals surface area contributed by atoms with Crippen LogP contribution in [0.15, 0.2) is 36.1 Å². The van der Waals surface area contributed by atoms with Crippen molar-refractivity contribution in [3.63, 3.8) is 0 Å². The standard InChI is InChI=1S/C11H17NO/c1-4-7-10(12)9(6-3)11(13)8-5-2/h4,6-7H,3,5,8,12H2,1-2H3/b7-4-,10-9-. The van der Waals surface area contributed by atoms with Crippen molar-refractivity contribution in [3.8, 4) is 0 Å². The van der Waals surface area contributed by atoms with Gasteiger partial charge in [0.2, 0.25) is 0 Å². The van der Waals surface area contributed by atoms with Crippen molar-refractivity contribution in [2.24, 2.45) is 5.73 Å². The van der Waals surface area contributed by atoms with E-state index in [0.29, 0.717) is 17.7 Å². The zero-order chi connectivity index (χ0) is 10.3. The third-order valence-corrected chi connectivity index (χ3v) is 1.64. The van der Waals surface area contributed by atoms with E-state index in [1.54, 1.807) is 12.2 Å². The molecule has 2 nitrogen and oxygen atoms in total. The largest absolute Gasteiger partial charge is 0.398 e. The molecule has 0 radical (unpaired) electrons. The molecule has 2 N–H and O–H groups in total. The summed E-state index contributed by atoms with van der Waals surface area (Å²) in [5.74, 6) is 0.0631. The SMILES string of the molecule is C=C/C(C(=O)CCC)=C(N)\C=C/C. The van der Waals surface area contributed by atoms with Crippen molar-refractivity contribution in [2.45, 2.75) is 26.7 Å². The summed E-state index contributed by atoms with van der Waals surface area (Å²) in [6.07, 6.45) is 6.40. The molecule has 0 atom stereocenters. The first-order chi connectivity index (χ1) is 6.17. The van der Waals surface area contributed by atoms with Crippen molar-refractivity contribution in [2.75, 3.05) is 0 Å². The molecular weight excluding hydrogens is 162 g/mol. The highest BCUT2D eigenvalue weighted by molar-refractivity contribution is 5.98. The maximum Gasteiger partial charge on any atom is 0.164 e. The molecule has 0 aromatic rings. The lowest BCUT2D eigenvalue weighted by molar-refractivity contribution is -0.115. The molecule has 0 heterocycles. The smallest absolute Gasteiger partial charge is 0.164 e. The van der Waals surface area contributed by atoms with Crippen LogP contribution in [0.4, 0.5) is 0 Å². The van der Waals surface area contributed by atoms with Gasteiger partial charge in [0.15, 0.2) is 5.78 Å². The summed E-state index contributed by atoms with van der Waals surface area (Å²) in [7, 11) is 0. The first-order valence-electron chi connectivity index (χ1n) is 4.45. The van der Waals surface area contributed by atoms with E-state index in [2.05, 4.69) is 6.58 Å². The van der Waals surface area contributed by atoms with Gasteiger partial charge >= 0.3 is 0 Å². The van der Waals surface area contributed by atoms with Crippen LogP contribution in [0.1, 0.15) is 26.7 Å². The molecule has 0 aliphatic carbocycles. The molecule has 2 heteroatoms. The maximum atomic E-state index is 11.4. The van der Waals surface area contributed by atoms with Crippen molar-refractivity contribution in [1.29, 1.82) is 0 Å². The Balaban J connectivity index is 4.76. The number of carbonyl (C=O) groups is 1. The third kappa shape index (κ3) is 3.74. The number of allylic oxidation sites excluding steroid dienone is 4. The monoisotopic (exact) mass is 179 g/mol. The van der Waals surface area contributed by atoms with Gasteiger partial charge in [-0.1, -0.05) is 25.7 Å². The molecule has 0 amide bonds. The highest BCUT2D eigenvalue weighted by atomic mass is 16.1. The van der Waals surface area contributed by atoms with Crippen LogP contribution >= 0.6 is 0 Å². The summed E-state index contributed by atoms with van der Waals surface area (Å²) in [4.78, 5) is 11.4. The Hall–Kier alpha value is -1.31. The molecule has 0 spiro atoms. The number of ketones is 1. The fourth-order valence-electron chi connectivity index (χ4n) is 1.02. The second kappa shape index (κ2) is 6.23. The second-order valence-corrected chi connectivity index (χ2v) is 2.75. The van der Waals surface area contributed by atoms with Crippen LogP contribution in [0.3, 0.4) is 0 Å². The van der Waals surface area contributed by atoms with Crippen LogP contribution in [0.25, 0.3) is 0 Å². The maximum absolute atomic E-state index is 11.4. The summed E-state index contributed by atoms with van der Waals surface area (Å²) in [6.45, 7) is 7.40. The number of carbonyl (C=O) groups excluding carboxylic acids is 1. The second-order valence-electron chi connectivity index (χ2n) is 2.75. The number of nitrogens with two attached hydrogens (primary N) is 1. The molecule has 0 unspecified atom stereocenters. The summed E-state index contributed by atoms with van der Waals surface area (Å²) in [5, 5.41) is 0. The molecule has 0 aromatic heterocycles. The number of Topliss-reactive ketones (excluding diaryl/α,β-unsaturated/α-hetero) is 1. The Bertz CT molecular complexity index is 249. The van der Waals surface area contributed by atoms with Crippen LogP contribution in [-0.4, -0.2) is 5.78 Å². The fraction of sp³-hybridized carbons (Fsp3) is 0.364. The van der Waals surface area contributed by atoms with Gasteiger partial charge in [0.05, 0.1) is 0 Å². The Morgan fingerprint density at radius 3 is 2.54 bits per heavy atom. The van der Waals surface area contributed by atoms with E-state index in [4.69, 9.17) is 5.73 Å². The predicted molar refractivity (Wildman–Crippen MR) is 56.1 cm³/mol. The fourth-order valence-corrected chi connectivity index (χ4v) is 1.02. The van der Waals surface area contributed by atoms with Gasteiger partial charge in [0.1, 0.15) is 0 Å². The molecule has 0 aliphatic rings. The van der Waals surface area contributed by atoms with E-state index in [-0.39, 0.29) is 5.78 Å². The topological polar surface area (TPSA) is 43.1 Å². The van der Waals surface area contributed by atoms with Gasteiger partial charge in [-0.05, 0) is 19.4 Å². The third-order valence-electron chi connectivity index (χ3n) is 1.64. The van der Waals surface area contributed by atoms with E-state index in [1.165, 1.54) is 6.08 Å². The van der Waals surface area contributed by atoms with Gasteiger partial charge in [-0.15, -0.1) is 0 Å². The van der Waals surface area contributed by atoms with E-state index in [9.17, 15) is 4.79 Å². The van der Waals surface area contributed by atoms with Crippen molar-refractivity contribution >= 4 is 5.78 Å². The first-order valence-corrected chi connectivity index (χ1v) is 4.45. The lowest BCUT2D eigenvalue weighted by atomic mass is 10.1. The van der Waals surface area contributed by atoms with Crippen LogP contribution in [-0.2, 0) is 4.79 Å². The quantitative estimate of drug-likeness (QED) is 0.520. The molecule has 0 fully saturated rings. The highest BCUT2D eigenvalue weighted by Crippen LogP contribution is 2.07. The predicted octanol–water partition coefficient (Wildman–Crippen LogP) is 2.33. The van der Waals surface area contributed by atoms with Gasteiger partial charge in [-0.2, -0.15) is 0 Å². The molecule has 72 valence electrons. The van der Waals surface area contributed by atoms with Crippen molar-refractivity contribution in [3.05, 3.63) is 36.1 Å². The Morgan fingerprint density at radius 1 is 1.54 bits per heavy atom.